The molecule has 88 valence electrons. The van der Waals surface area contributed by atoms with Crippen LogP contribution >= 0.6 is 0 Å². The number of β-amino-alcohol motifs (C(OH)–C–C–N with tert-alkyl or cyclic N) is 1. The van der Waals surface area contributed by atoms with Gasteiger partial charge in [0, 0.05) is 25.8 Å². The van der Waals surface area contributed by atoms with Crippen LogP contribution in [-0.4, -0.2) is 37.4 Å². The van der Waals surface area contributed by atoms with E-state index in [1.165, 1.54) is 5.56 Å². The fourth-order valence-electron chi connectivity index (χ4n) is 2.20. The van der Waals surface area contributed by atoms with E-state index in [0.717, 1.165) is 18.7 Å². The molecule has 1 aromatic rings. The number of aliphatic hydroxyl groups is 1. The van der Waals surface area contributed by atoms with Crippen LogP contribution in [0.3, 0.4) is 0 Å². The minimum atomic E-state index is -0.570. The lowest BCUT2D eigenvalue weighted by atomic mass is 10.0. The molecule has 1 unspecified atom stereocenters. The molecular formula is C13H20N2O. The van der Waals surface area contributed by atoms with Gasteiger partial charge >= 0.3 is 0 Å². The second-order valence-corrected chi connectivity index (χ2v) is 4.84. The van der Waals surface area contributed by atoms with Gasteiger partial charge in [-0.15, -0.1) is 0 Å². The maximum absolute atomic E-state index is 10.3. The molecule has 1 atom stereocenters. The average molecular weight is 220 g/mol. The van der Waals surface area contributed by atoms with Crippen LogP contribution in [0, 0.1) is 6.92 Å². The second kappa shape index (κ2) is 4.44. The number of aryl methyl sites for hydroxylation is 1. The van der Waals surface area contributed by atoms with Gasteiger partial charge in [0.1, 0.15) is 0 Å². The summed E-state index contributed by atoms with van der Waals surface area (Å²) >= 11 is 0. The fraction of sp³-hybridized carbons (Fsp3) is 0.538. The molecule has 3 nitrogen and oxygen atoms in total. The van der Waals surface area contributed by atoms with Crippen molar-refractivity contribution in [2.24, 2.45) is 0 Å². The largest absolute Gasteiger partial charge is 0.387 e. The fourth-order valence-corrected chi connectivity index (χ4v) is 2.20. The van der Waals surface area contributed by atoms with E-state index in [0.29, 0.717) is 13.1 Å². The zero-order valence-electron chi connectivity index (χ0n) is 10.0. The van der Waals surface area contributed by atoms with Crippen molar-refractivity contribution in [1.82, 2.24) is 5.32 Å². The zero-order chi connectivity index (χ0) is 11.6. The number of hydrogen-bond acceptors (Lipinski definition) is 3. The van der Waals surface area contributed by atoms with Crippen LogP contribution < -0.4 is 10.2 Å². The topological polar surface area (TPSA) is 35.5 Å². The van der Waals surface area contributed by atoms with E-state index >= 15 is 0 Å². The highest BCUT2D eigenvalue weighted by atomic mass is 16.3. The first-order chi connectivity index (χ1) is 7.59. The van der Waals surface area contributed by atoms with Crippen LogP contribution in [0.25, 0.3) is 0 Å². The third-order valence-electron chi connectivity index (χ3n) is 3.23. The molecule has 1 aliphatic rings. The van der Waals surface area contributed by atoms with E-state index < -0.39 is 5.60 Å². The minimum Gasteiger partial charge on any atom is -0.387 e. The smallest absolute Gasteiger partial charge is 0.0957 e. The maximum Gasteiger partial charge on any atom is 0.0957 e. The van der Waals surface area contributed by atoms with Crippen molar-refractivity contribution in [2.45, 2.75) is 18.9 Å². The normalized spacial score (nSPS) is 24.7. The minimum absolute atomic E-state index is 0.570. The molecule has 0 amide bonds. The predicted molar refractivity (Wildman–Crippen MR) is 66.9 cm³/mol. The van der Waals surface area contributed by atoms with E-state index in [4.69, 9.17) is 0 Å². The Balaban J connectivity index is 2.02. The third kappa shape index (κ3) is 2.54. The molecule has 0 radical (unpaired) electrons. The van der Waals surface area contributed by atoms with Gasteiger partial charge in [-0.05, 0) is 32.0 Å². The van der Waals surface area contributed by atoms with Crippen molar-refractivity contribution in [3.8, 4) is 0 Å². The quantitative estimate of drug-likeness (QED) is 0.802. The Kier molecular flexibility index (Phi) is 3.17. The molecule has 0 aromatic heterocycles. The standard InChI is InChI=1S/C13H20N2O/c1-11-3-5-12(6-4-11)15(2)10-13(16)7-8-14-9-13/h3-6,14,16H,7-10H2,1-2H3. The Morgan fingerprint density at radius 1 is 1.38 bits per heavy atom. The maximum atomic E-state index is 10.3. The Bertz CT molecular complexity index is 341. The van der Waals surface area contributed by atoms with Crippen LogP contribution in [-0.2, 0) is 0 Å². The van der Waals surface area contributed by atoms with E-state index in [-0.39, 0.29) is 0 Å². The molecule has 0 bridgehead atoms. The van der Waals surface area contributed by atoms with Crippen LogP contribution in [0.15, 0.2) is 24.3 Å². The summed E-state index contributed by atoms with van der Waals surface area (Å²) in [6.45, 7) is 4.38. The summed E-state index contributed by atoms with van der Waals surface area (Å²) in [4.78, 5) is 2.12. The van der Waals surface area contributed by atoms with Crippen LogP contribution in [0.2, 0.25) is 0 Å². The summed E-state index contributed by atoms with van der Waals surface area (Å²) in [6.07, 6.45) is 0.837. The molecule has 1 aromatic carbocycles. The summed E-state index contributed by atoms with van der Waals surface area (Å²) in [5, 5.41) is 13.5. The van der Waals surface area contributed by atoms with Gasteiger partial charge in [-0.1, -0.05) is 17.7 Å². The SMILES string of the molecule is Cc1ccc(N(C)CC2(O)CCNC2)cc1. The molecule has 0 aliphatic carbocycles. The Hall–Kier alpha value is -1.06. The van der Waals surface area contributed by atoms with E-state index in [2.05, 4.69) is 41.4 Å². The highest BCUT2D eigenvalue weighted by molar-refractivity contribution is 5.47. The predicted octanol–water partition coefficient (Wildman–Crippen LogP) is 1.16. The number of nitrogens with one attached hydrogen (secondary N) is 1. The molecule has 1 fully saturated rings. The summed E-state index contributed by atoms with van der Waals surface area (Å²) in [5.41, 5.74) is 1.85. The number of hydrogen-bond donors (Lipinski definition) is 2. The Morgan fingerprint density at radius 2 is 2.06 bits per heavy atom. The van der Waals surface area contributed by atoms with Gasteiger partial charge in [0.05, 0.1) is 5.60 Å². The van der Waals surface area contributed by atoms with Gasteiger partial charge in [0.2, 0.25) is 0 Å². The molecule has 0 saturated carbocycles. The highest BCUT2D eigenvalue weighted by Crippen LogP contribution is 2.20. The Labute approximate surface area is 97.1 Å². The van der Waals surface area contributed by atoms with Crippen LogP contribution in [0.4, 0.5) is 5.69 Å². The Morgan fingerprint density at radius 3 is 2.62 bits per heavy atom. The molecule has 0 spiro atoms. The van der Waals surface area contributed by atoms with Crippen molar-refractivity contribution in [3.63, 3.8) is 0 Å². The first-order valence-electron chi connectivity index (χ1n) is 5.80. The number of likely N-dealkylation sites (N-methyl/N-ethyl adjacent to an activating group) is 1. The van der Waals surface area contributed by atoms with Crippen LogP contribution in [0.1, 0.15) is 12.0 Å². The number of rotatable bonds is 3. The highest BCUT2D eigenvalue weighted by Gasteiger charge is 2.32. The second-order valence-electron chi connectivity index (χ2n) is 4.84. The van der Waals surface area contributed by atoms with Crippen molar-refractivity contribution in [2.75, 3.05) is 31.6 Å². The van der Waals surface area contributed by atoms with Crippen molar-refractivity contribution >= 4 is 5.69 Å². The summed E-state index contributed by atoms with van der Waals surface area (Å²) in [6, 6.07) is 8.40. The van der Waals surface area contributed by atoms with E-state index in [1.54, 1.807) is 0 Å². The molecule has 1 aliphatic heterocycles. The van der Waals surface area contributed by atoms with E-state index in [9.17, 15) is 5.11 Å². The van der Waals surface area contributed by atoms with E-state index in [1.807, 2.05) is 7.05 Å². The van der Waals surface area contributed by atoms with Gasteiger partial charge in [-0.25, -0.2) is 0 Å². The zero-order valence-corrected chi connectivity index (χ0v) is 10.0. The molecule has 2 rings (SSSR count). The first-order valence-corrected chi connectivity index (χ1v) is 5.80. The lowest BCUT2D eigenvalue weighted by Crippen LogP contribution is -2.43. The molecule has 1 heterocycles. The lowest BCUT2D eigenvalue weighted by molar-refractivity contribution is 0.0696. The van der Waals surface area contributed by atoms with Gasteiger partial charge in [0.25, 0.3) is 0 Å². The summed E-state index contributed by atoms with van der Waals surface area (Å²) in [7, 11) is 2.03. The molecule has 2 N–H and O–H groups in total. The molecule has 1 saturated heterocycles. The number of benzene rings is 1. The summed E-state index contributed by atoms with van der Waals surface area (Å²) in [5.74, 6) is 0. The van der Waals surface area contributed by atoms with Gasteiger partial charge in [-0.2, -0.15) is 0 Å². The summed E-state index contributed by atoms with van der Waals surface area (Å²) < 4.78 is 0. The van der Waals surface area contributed by atoms with Crippen molar-refractivity contribution < 1.29 is 5.11 Å². The monoisotopic (exact) mass is 220 g/mol. The lowest BCUT2D eigenvalue weighted by Gasteiger charge is -2.29. The van der Waals surface area contributed by atoms with Crippen molar-refractivity contribution in [3.05, 3.63) is 29.8 Å². The van der Waals surface area contributed by atoms with Gasteiger partial charge in [-0.3, -0.25) is 0 Å². The van der Waals surface area contributed by atoms with Gasteiger partial charge < -0.3 is 15.3 Å². The number of nitrogens with zero attached hydrogens (tertiary/aromatic N) is 1. The molecular weight excluding hydrogens is 200 g/mol. The first kappa shape index (κ1) is 11.4. The number of anilines is 1. The molecule has 16 heavy (non-hydrogen) atoms. The van der Waals surface area contributed by atoms with Crippen molar-refractivity contribution in [1.29, 1.82) is 0 Å². The molecule has 3 heteroatoms. The van der Waals surface area contributed by atoms with Crippen LogP contribution in [0.5, 0.6) is 0 Å². The van der Waals surface area contributed by atoms with Gasteiger partial charge in [0.15, 0.2) is 0 Å². The average Bonchev–Trinajstić information content (AvgIpc) is 2.65. The third-order valence-corrected chi connectivity index (χ3v) is 3.23.